The third kappa shape index (κ3) is 4.32. The van der Waals surface area contributed by atoms with Crippen molar-refractivity contribution in [1.82, 2.24) is 0 Å². The monoisotopic (exact) mass is 651 g/mol. The third-order valence-electron chi connectivity index (χ3n) is 10.4. The summed E-state index contributed by atoms with van der Waals surface area (Å²) in [4.78, 5) is 2.38. The van der Waals surface area contributed by atoms with Crippen LogP contribution in [0, 0.1) is 0 Å². The molecule has 9 aromatic carbocycles. The second-order valence-electron chi connectivity index (χ2n) is 13.3. The predicted molar refractivity (Wildman–Crippen MR) is 214 cm³/mol. The molecule has 0 N–H and O–H groups in total. The SMILES string of the molecule is c1ccc(-c2ccc3c(N(c4ccc5oc6ccccc6c5c4)c4ccc5oc6ccc7ccc8ccccc8c7c6c5c4)cccc3c2)cc1. The van der Waals surface area contributed by atoms with Crippen LogP contribution < -0.4 is 4.90 Å². The zero-order valence-electron chi connectivity index (χ0n) is 27.5. The summed E-state index contributed by atoms with van der Waals surface area (Å²) >= 11 is 0. The molecule has 11 rings (SSSR count). The van der Waals surface area contributed by atoms with Crippen molar-refractivity contribution in [2.24, 2.45) is 0 Å². The van der Waals surface area contributed by atoms with Gasteiger partial charge in [0.15, 0.2) is 0 Å². The van der Waals surface area contributed by atoms with Crippen molar-refractivity contribution in [2.45, 2.75) is 0 Å². The molecule has 0 aliphatic carbocycles. The topological polar surface area (TPSA) is 29.5 Å². The maximum Gasteiger partial charge on any atom is 0.136 e. The molecule has 0 unspecified atom stereocenters. The van der Waals surface area contributed by atoms with Crippen LogP contribution in [-0.2, 0) is 0 Å². The summed E-state index contributed by atoms with van der Waals surface area (Å²) < 4.78 is 12.8. The molecule has 0 radical (unpaired) electrons. The highest BCUT2D eigenvalue weighted by Gasteiger charge is 2.20. The first-order valence-electron chi connectivity index (χ1n) is 17.3. The van der Waals surface area contributed by atoms with Crippen molar-refractivity contribution in [3.05, 3.63) is 176 Å². The Labute approximate surface area is 293 Å². The standard InChI is InChI=1S/C48H29NO2/c1-2-9-30(10-3-1)33-19-23-37-34(27-33)12-8-15-42(37)49(35-21-25-44-40(28-35)39-14-6-7-16-43(39)50-44)36-22-26-45-41(29-36)48-46(51-45)24-20-32-18-17-31-11-4-5-13-38(31)47(32)48/h1-29H. The van der Waals surface area contributed by atoms with E-state index >= 15 is 0 Å². The maximum atomic E-state index is 6.55. The second-order valence-corrected chi connectivity index (χ2v) is 13.3. The van der Waals surface area contributed by atoms with Gasteiger partial charge in [0.1, 0.15) is 22.3 Å². The molecule has 0 saturated carbocycles. The molecule has 0 saturated heterocycles. The molecular weight excluding hydrogens is 623 g/mol. The van der Waals surface area contributed by atoms with Crippen LogP contribution in [0.25, 0.3) is 87.3 Å². The van der Waals surface area contributed by atoms with Crippen molar-refractivity contribution in [1.29, 1.82) is 0 Å². The number of rotatable bonds is 4. The number of hydrogen-bond donors (Lipinski definition) is 0. The molecular formula is C48H29NO2. The number of furan rings is 2. The molecule has 0 aliphatic heterocycles. The number of benzene rings is 9. The Morgan fingerprint density at radius 2 is 0.961 bits per heavy atom. The number of para-hydroxylation sites is 1. The van der Waals surface area contributed by atoms with Crippen LogP contribution in [0.1, 0.15) is 0 Å². The van der Waals surface area contributed by atoms with Gasteiger partial charge in [-0.2, -0.15) is 0 Å². The first-order valence-corrected chi connectivity index (χ1v) is 17.3. The highest BCUT2D eigenvalue weighted by atomic mass is 16.3. The molecule has 238 valence electrons. The quantitative estimate of drug-likeness (QED) is 0.177. The van der Waals surface area contributed by atoms with Crippen LogP contribution in [0.2, 0.25) is 0 Å². The number of nitrogens with zero attached hydrogens (tertiary/aromatic N) is 1. The van der Waals surface area contributed by atoms with Gasteiger partial charge in [-0.15, -0.1) is 0 Å². The van der Waals surface area contributed by atoms with Gasteiger partial charge in [0.25, 0.3) is 0 Å². The molecule has 3 heteroatoms. The Hall–Kier alpha value is -6.84. The van der Waals surface area contributed by atoms with Gasteiger partial charge in [0.2, 0.25) is 0 Å². The van der Waals surface area contributed by atoms with Gasteiger partial charge in [-0.1, -0.05) is 115 Å². The highest BCUT2D eigenvalue weighted by Crippen LogP contribution is 2.45. The summed E-state index contributed by atoms with van der Waals surface area (Å²) in [7, 11) is 0. The lowest BCUT2D eigenvalue weighted by molar-refractivity contribution is 0.669. The average molecular weight is 652 g/mol. The Morgan fingerprint density at radius 1 is 0.314 bits per heavy atom. The summed E-state index contributed by atoms with van der Waals surface area (Å²) in [5.74, 6) is 0. The Kier molecular flexibility index (Phi) is 5.96. The molecule has 0 aliphatic rings. The van der Waals surface area contributed by atoms with Gasteiger partial charge >= 0.3 is 0 Å². The van der Waals surface area contributed by atoms with E-state index in [0.29, 0.717) is 0 Å². The second kappa shape index (κ2) is 10.8. The van der Waals surface area contributed by atoms with Crippen molar-refractivity contribution < 1.29 is 8.83 Å². The first-order chi connectivity index (χ1) is 25.3. The van der Waals surface area contributed by atoms with Gasteiger partial charge in [-0.05, 0) is 93.3 Å². The van der Waals surface area contributed by atoms with Crippen LogP contribution in [0.15, 0.2) is 185 Å². The van der Waals surface area contributed by atoms with E-state index in [-0.39, 0.29) is 0 Å². The third-order valence-corrected chi connectivity index (χ3v) is 10.4. The Balaban J connectivity index is 1.19. The van der Waals surface area contributed by atoms with E-state index < -0.39 is 0 Å². The summed E-state index contributed by atoms with van der Waals surface area (Å²) in [6.07, 6.45) is 0. The van der Waals surface area contributed by atoms with Crippen LogP contribution in [0.4, 0.5) is 17.1 Å². The van der Waals surface area contributed by atoms with E-state index in [4.69, 9.17) is 8.83 Å². The fourth-order valence-corrected chi connectivity index (χ4v) is 8.04. The fourth-order valence-electron chi connectivity index (χ4n) is 8.04. The predicted octanol–water partition coefficient (Wildman–Crippen LogP) is 14.1. The minimum atomic E-state index is 0.871. The zero-order chi connectivity index (χ0) is 33.5. The molecule has 2 aromatic heterocycles. The van der Waals surface area contributed by atoms with Gasteiger partial charge in [-0.3, -0.25) is 0 Å². The van der Waals surface area contributed by atoms with E-state index in [0.717, 1.165) is 60.9 Å². The van der Waals surface area contributed by atoms with Crippen molar-refractivity contribution in [3.63, 3.8) is 0 Å². The summed E-state index contributed by atoms with van der Waals surface area (Å²) in [6, 6.07) is 62.7. The molecule has 11 aromatic rings. The lowest BCUT2D eigenvalue weighted by Gasteiger charge is -2.27. The Bertz CT molecular complexity index is 3150. The van der Waals surface area contributed by atoms with E-state index in [9.17, 15) is 0 Å². The molecule has 0 fully saturated rings. The molecule has 0 bridgehead atoms. The number of anilines is 3. The molecule has 2 heterocycles. The molecule has 51 heavy (non-hydrogen) atoms. The Morgan fingerprint density at radius 3 is 1.84 bits per heavy atom. The lowest BCUT2D eigenvalue weighted by Crippen LogP contribution is -2.10. The van der Waals surface area contributed by atoms with Crippen molar-refractivity contribution in [2.75, 3.05) is 4.90 Å². The van der Waals surface area contributed by atoms with E-state index in [1.165, 1.54) is 43.4 Å². The van der Waals surface area contributed by atoms with Crippen molar-refractivity contribution in [3.8, 4) is 11.1 Å². The summed E-state index contributed by atoms with van der Waals surface area (Å²) in [5, 5.41) is 11.6. The zero-order valence-corrected chi connectivity index (χ0v) is 27.5. The maximum absolute atomic E-state index is 6.55. The van der Waals surface area contributed by atoms with Crippen LogP contribution in [0.3, 0.4) is 0 Å². The van der Waals surface area contributed by atoms with Crippen LogP contribution in [0.5, 0.6) is 0 Å². The van der Waals surface area contributed by atoms with E-state index in [1.807, 2.05) is 12.1 Å². The molecule has 0 amide bonds. The molecule has 0 spiro atoms. The average Bonchev–Trinajstić information content (AvgIpc) is 3.76. The molecule has 3 nitrogen and oxygen atoms in total. The van der Waals surface area contributed by atoms with E-state index in [1.54, 1.807) is 0 Å². The fraction of sp³-hybridized carbons (Fsp3) is 0. The smallest absolute Gasteiger partial charge is 0.136 e. The van der Waals surface area contributed by atoms with Gasteiger partial charge in [-0.25, -0.2) is 0 Å². The summed E-state index contributed by atoms with van der Waals surface area (Å²) in [6.45, 7) is 0. The van der Waals surface area contributed by atoms with Crippen LogP contribution >= 0.6 is 0 Å². The van der Waals surface area contributed by atoms with Gasteiger partial charge in [0.05, 0.1) is 5.69 Å². The van der Waals surface area contributed by atoms with Crippen molar-refractivity contribution >= 4 is 93.3 Å². The minimum Gasteiger partial charge on any atom is -0.456 e. The number of hydrogen-bond acceptors (Lipinski definition) is 3. The minimum absolute atomic E-state index is 0.871. The normalized spacial score (nSPS) is 11.9. The molecule has 0 atom stereocenters. The summed E-state index contributed by atoms with van der Waals surface area (Å²) in [5.41, 5.74) is 9.13. The lowest BCUT2D eigenvalue weighted by atomic mass is 9.97. The first kappa shape index (κ1) is 28.0. The van der Waals surface area contributed by atoms with Gasteiger partial charge < -0.3 is 13.7 Å². The largest absolute Gasteiger partial charge is 0.456 e. The van der Waals surface area contributed by atoms with E-state index in [2.05, 4.69) is 169 Å². The van der Waals surface area contributed by atoms with Gasteiger partial charge in [0, 0.05) is 43.7 Å². The highest BCUT2D eigenvalue weighted by molar-refractivity contribution is 6.27. The number of fused-ring (bicyclic) bond motifs is 11. The van der Waals surface area contributed by atoms with Crippen LogP contribution in [-0.4, -0.2) is 0 Å².